The van der Waals surface area contributed by atoms with Gasteiger partial charge in [0, 0.05) is 13.0 Å². The number of esters is 1. The van der Waals surface area contributed by atoms with E-state index in [9.17, 15) is 9.59 Å². The van der Waals surface area contributed by atoms with Crippen molar-refractivity contribution in [2.75, 3.05) is 25.2 Å². The van der Waals surface area contributed by atoms with E-state index in [1.54, 1.807) is 23.1 Å². The molecule has 0 saturated carbocycles. The second kappa shape index (κ2) is 6.38. The minimum atomic E-state index is -0.296. The molecule has 1 aliphatic heterocycles. The van der Waals surface area contributed by atoms with Gasteiger partial charge in [-0.15, -0.1) is 0 Å². The third kappa shape index (κ3) is 3.08. The Balaban J connectivity index is 2.12. The maximum Gasteiger partial charge on any atom is 0.305 e. The van der Waals surface area contributed by atoms with Crippen molar-refractivity contribution in [1.29, 1.82) is 0 Å². The monoisotopic (exact) mass is 279 g/mol. The smallest absolute Gasteiger partial charge is 0.305 e. The summed E-state index contributed by atoms with van der Waals surface area (Å²) >= 11 is 0. The van der Waals surface area contributed by atoms with Gasteiger partial charge in [0.15, 0.2) is 6.61 Å². The minimum absolute atomic E-state index is 0.0102. The van der Waals surface area contributed by atoms with Crippen LogP contribution in [0.25, 0.3) is 0 Å². The molecule has 0 fully saturated rings. The molecule has 2 rings (SSSR count). The highest BCUT2D eigenvalue weighted by atomic mass is 16.5. The van der Waals surface area contributed by atoms with Gasteiger partial charge in [-0.25, -0.2) is 0 Å². The number of carbonyl (C=O) groups is 2. The quantitative estimate of drug-likeness (QED) is 0.809. The highest BCUT2D eigenvalue weighted by molar-refractivity contribution is 5.97. The summed E-state index contributed by atoms with van der Waals surface area (Å²) in [4.78, 5) is 24.6. The molecule has 0 radical (unpaired) electrons. The van der Waals surface area contributed by atoms with E-state index in [4.69, 9.17) is 9.84 Å². The number of hydrogen-bond acceptors (Lipinski definition) is 5. The molecule has 1 N–H and O–H groups in total. The van der Waals surface area contributed by atoms with Crippen molar-refractivity contribution in [3.8, 4) is 5.75 Å². The molecule has 1 heterocycles. The normalized spacial score (nSPS) is 13.7. The number of aliphatic hydroxyl groups is 1. The molecule has 1 aromatic carbocycles. The second-order valence-corrected chi connectivity index (χ2v) is 4.47. The van der Waals surface area contributed by atoms with Crippen molar-refractivity contribution in [2.45, 2.75) is 19.4 Å². The number of benzene rings is 1. The first kappa shape index (κ1) is 14.3. The fraction of sp³-hybridized carbons (Fsp3) is 0.429. The Kier molecular flexibility index (Phi) is 4.57. The van der Waals surface area contributed by atoms with E-state index >= 15 is 0 Å². The first-order valence-electron chi connectivity index (χ1n) is 6.39. The summed E-state index contributed by atoms with van der Waals surface area (Å²) in [6, 6.07) is 5.21. The molecule has 1 aromatic rings. The summed E-state index contributed by atoms with van der Waals surface area (Å²) in [5, 5.41) is 9.17. The maximum atomic E-state index is 11.9. The van der Waals surface area contributed by atoms with Gasteiger partial charge in [0.05, 0.1) is 19.4 Å². The average molecular weight is 279 g/mol. The van der Waals surface area contributed by atoms with Gasteiger partial charge in [-0.05, 0) is 24.1 Å². The number of amides is 1. The Bertz CT molecular complexity index is 514. The lowest BCUT2D eigenvalue weighted by atomic mass is 10.1. The lowest BCUT2D eigenvalue weighted by Crippen LogP contribution is -2.39. The minimum Gasteiger partial charge on any atom is -0.482 e. The number of aliphatic hydroxyl groups excluding tert-OH is 1. The zero-order valence-corrected chi connectivity index (χ0v) is 11.3. The van der Waals surface area contributed by atoms with Gasteiger partial charge >= 0.3 is 5.97 Å². The molecule has 1 aliphatic rings. The van der Waals surface area contributed by atoms with Gasteiger partial charge in [0.1, 0.15) is 5.75 Å². The highest BCUT2D eigenvalue weighted by Gasteiger charge is 2.25. The predicted molar refractivity (Wildman–Crippen MR) is 71.5 cm³/mol. The molecular formula is C14H17NO5. The molecule has 0 spiro atoms. The molecule has 6 heteroatoms. The molecule has 0 bridgehead atoms. The fourth-order valence-electron chi connectivity index (χ4n) is 2.07. The molecule has 1 amide bonds. The number of carbonyl (C=O) groups excluding carboxylic acids is 2. The fourth-order valence-corrected chi connectivity index (χ4v) is 2.07. The van der Waals surface area contributed by atoms with E-state index < -0.39 is 0 Å². The summed E-state index contributed by atoms with van der Waals surface area (Å²) in [5.41, 5.74) is 1.35. The third-order valence-corrected chi connectivity index (χ3v) is 3.14. The Labute approximate surface area is 116 Å². The van der Waals surface area contributed by atoms with Crippen LogP contribution in [0.2, 0.25) is 0 Å². The molecule has 6 nitrogen and oxygen atoms in total. The Hall–Kier alpha value is -2.08. The maximum absolute atomic E-state index is 11.9. The van der Waals surface area contributed by atoms with Gasteiger partial charge < -0.3 is 19.5 Å². The predicted octanol–water partition coefficient (Wildman–Crippen LogP) is 0.857. The number of fused-ring (bicyclic) bond motifs is 1. The average Bonchev–Trinajstić information content (AvgIpc) is 2.48. The topological polar surface area (TPSA) is 76.1 Å². The van der Waals surface area contributed by atoms with Crippen molar-refractivity contribution in [3.05, 3.63) is 23.8 Å². The summed E-state index contributed by atoms with van der Waals surface area (Å²) in [7, 11) is 1.34. The van der Waals surface area contributed by atoms with Crippen molar-refractivity contribution in [1.82, 2.24) is 0 Å². The number of methoxy groups -OCH3 is 1. The lowest BCUT2D eigenvalue weighted by molar-refractivity contribution is -0.140. The summed E-state index contributed by atoms with van der Waals surface area (Å²) in [5.74, 6) is 0.160. The van der Waals surface area contributed by atoms with E-state index in [-0.39, 0.29) is 31.5 Å². The summed E-state index contributed by atoms with van der Waals surface area (Å²) in [6.07, 6.45) is 0.775. The lowest BCUT2D eigenvalue weighted by Gasteiger charge is -2.29. The zero-order valence-electron chi connectivity index (χ0n) is 11.3. The Morgan fingerprint density at radius 2 is 2.30 bits per heavy atom. The molecule has 108 valence electrons. The van der Waals surface area contributed by atoms with Gasteiger partial charge in [-0.1, -0.05) is 6.07 Å². The van der Waals surface area contributed by atoms with Gasteiger partial charge in [-0.2, -0.15) is 0 Å². The van der Waals surface area contributed by atoms with E-state index in [1.165, 1.54) is 7.11 Å². The van der Waals surface area contributed by atoms with Gasteiger partial charge in [-0.3, -0.25) is 9.59 Å². The molecular weight excluding hydrogens is 262 g/mol. The van der Waals surface area contributed by atoms with E-state index in [2.05, 4.69) is 4.74 Å². The molecule has 0 saturated heterocycles. The number of nitrogens with zero attached hydrogens (tertiary/aromatic N) is 1. The molecule has 0 unspecified atom stereocenters. The number of ether oxygens (including phenoxy) is 2. The standard InChI is InChI=1S/C14H17NO5/c1-19-14(18)3-2-6-15-11-7-10(8-16)4-5-12(11)20-9-13(15)17/h4-5,7,16H,2-3,6,8-9H2,1H3. The van der Waals surface area contributed by atoms with Gasteiger partial charge in [0.2, 0.25) is 0 Å². The van der Waals surface area contributed by atoms with Crippen LogP contribution in [0.1, 0.15) is 18.4 Å². The van der Waals surface area contributed by atoms with Gasteiger partial charge in [0.25, 0.3) is 5.91 Å². The van der Waals surface area contributed by atoms with E-state index in [1.807, 2.05) is 0 Å². The molecule has 0 aliphatic carbocycles. The first-order valence-corrected chi connectivity index (χ1v) is 6.39. The molecule has 0 aromatic heterocycles. The van der Waals surface area contributed by atoms with Crippen LogP contribution in [0, 0.1) is 0 Å². The first-order chi connectivity index (χ1) is 9.65. The number of rotatable bonds is 5. The van der Waals surface area contributed by atoms with Crippen LogP contribution >= 0.6 is 0 Å². The van der Waals surface area contributed by atoms with Crippen molar-refractivity contribution < 1.29 is 24.2 Å². The SMILES string of the molecule is COC(=O)CCCN1C(=O)COc2ccc(CO)cc21. The number of hydrogen-bond donors (Lipinski definition) is 1. The van der Waals surface area contributed by atoms with E-state index in [0.29, 0.717) is 30.0 Å². The largest absolute Gasteiger partial charge is 0.482 e. The van der Waals surface area contributed by atoms with Crippen LogP contribution in [0.4, 0.5) is 5.69 Å². The van der Waals surface area contributed by atoms with Crippen LogP contribution in [0.5, 0.6) is 5.75 Å². The van der Waals surface area contributed by atoms with Crippen molar-refractivity contribution >= 4 is 17.6 Å². The van der Waals surface area contributed by atoms with Crippen LogP contribution in [-0.4, -0.2) is 37.2 Å². The third-order valence-electron chi connectivity index (χ3n) is 3.14. The van der Waals surface area contributed by atoms with Crippen LogP contribution < -0.4 is 9.64 Å². The van der Waals surface area contributed by atoms with Crippen LogP contribution in [0.3, 0.4) is 0 Å². The Morgan fingerprint density at radius 3 is 3.00 bits per heavy atom. The zero-order chi connectivity index (χ0) is 14.5. The van der Waals surface area contributed by atoms with Crippen molar-refractivity contribution in [2.24, 2.45) is 0 Å². The highest BCUT2D eigenvalue weighted by Crippen LogP contribution is 2.33. The second-order valence-electron chi connectivity index (χ2n) is 4.47. The molecule has 20 heavy (non-hydrogen) atoms. The summed E-state index contributed by atoms with van der Waals surface area (Å²) in [6.45, 7) is 0.306. The van der Waals surface area contributed by atoms with Crippen molar-refractivity contribution in [3.63, 3.8) is 0 Å². The van der Waals surface area contributed by atoms with Crippen LogP contribution in [-0.2, 0) is 20.9 Å². The molecule has 0 atom stereocenters. The summed E-state index contributed by atoms with van der Waals surface area (Å²) < 4.78 is 9.92. The Morgan fingerprint density at radius 1 is 1.50 bits per heavy atom. The van der Waals surface area contributed by atoms with Crippen LogP contribution in [0.15, 0.2) is 18.2 Å². The number of anilines is 1. The van der Waals surface area contributed by atoms with E-state index in [0.717, 1.165) is 0 Å².